The van der Waals surface area contributed by atoms with Crippen molar-refractivity contribution in [2.45, 2.75) is 44.9 Å². The van der Waals surface area contributed by atoms with E-state index < -0.39 is 5.97 Å². The Labute approximate surface area is 210 Å². The number of nitrogens with zero attached hydrogens (tertiary/aromatic N) is 5. The lowest BCUT2D eigenvalue weighted by Crippen LogP contribution is -2.44. The molecule has 5 unspecified atom stereocenters. The molecule has 0 amide bonds. The second-order valence-corrected chi connectivity index (χ2v) is 9.62. The number of halogens is 1. The summed E-state index contributed by atoms with van der Waals surface area (Å²) >= 11 is 6.38. The van der Waals surface area contributed by atoms with Gasteiger partial charge in [0.1, 0.15) is 11.9 Å². The van der Waals surface area contributed by atoms with E-state index in [2.05, 4.69) is 26.8 Å². The first-order chi connectivity index (χ1) is 16.8. The van der Waals surface area contributed by atoms with Crippen molar-refractivity contribution in [3.63, 3.8) is 0 Å². The fourth-order valence-corrected chi connectivity index (χ4v) is 5.23. The number of carboxylic acids is 1. The van der Waals surface area contributed by atoms with E-state index in [1.54, 1.807) is 32.8 Å². The summed E-state index contributed by atoms with van der Waals surface area (Å²) in [4.78, 5) is 28.8. The van der Waals surface area contributed by atoms with E-state index in [1.165, 1.54) is 0 Å². The van der Waals surface area contributed by atoms with E-state index in [0.717, 1.165) is 25.2 Å². The molecule has 0 radical (unpaired) electrons. The van der Waals surface area contributed by atoms with Gasteiger partial charge in [0, 0.05) is 57.1 Å². The number of aliphatic carboxylic acids is 1. The average molecular weight is 506 g/mol. The molecule has 2 aliphatic rings. The first kappa shape index (κ1) is 25.2. The van der Waals surface area contributed by atoms with Gasteiger partial charge in [-0.3, -0.25) is 4.79 Å². The van der Waals surface area contributed by atoms with Crippen LogP contribution in [0.25, 0.3) is 0 Å². The van der Waals surface area contributed by atoms with Crippen molar-refractivity contribution >= 4 is 29.1 Å². The summed E-state index contributed by atoms with van der Waals surface area (Å²) in [5, 5.41) is 9.95. The maximum atomic E-state index is 11.4. The van der Waals surface area contributed by atoms with Crippen molar-refractivity contribution in [1.29, 1.82) is 0 Å². The third-order valence-corrected chi connectivity index (χ3v) is 7.32. The van der Waals surface area contributed by atoms with Crippen LogP contribution in [0.5, 0.6) is 11.8 Å². The minimum atomic E-state index is -0.844. The Morgan fingerprint density at radius 2 is 1.89 bits per heavy atom. The summed E-state index contributed by atoms with van der Waals surface area (Å²) in [6.45, 7) is 6.26. The molecule has 190 valence electrons. The molecule has 4 rings (SSSR count). The highest BCUT2D eigenvalue weighted by Gasteiger charge is 2.41. The number of aromatic nitrogens is 3. The molecule has 2 fully saturated rings. The Hall–Kier alpha value is -2.85. The molecule has 0 spiro atoms. The summed E-state index contributed by atoms with van der Waals surface area (Å²) < 4.78 is 17.0. The van der Waals surface area contributed by atoms with Crippen LogP contribution in [0.4, 0.5) is 11.5 Å². The zero-order chi connectivity index (χ0) is 25.1. The van der Waals surface area contributed by atoms with Crippen LogP contribution in [0.2, 0.25) is 5.02 Å². The molecule has 2 aliphatic heterocycles. The van der Waals surface area contributed by atoms with Gasteiger partial charge in [-0.1, -0.05) is 25.4 Å². The van der Waals surface area contributed by atoms with Crippen molar-refractivity contribution in [2.75, 3.05) is 43.7 Å². The van der Waals surface area contributed by atoms with E-state index in [1.807, 2.05) is 17.9 Å². The van der Waals surface area contributed by atoms with Crippen LogP contribution >= 0.6 is 11.6 Å². The molecule has 2 aromatic heterocycles. The summed E-state index contributed by atoms with van der Waals surface area (Å²) in [5.74, 6) is 1.05. The number of carbonyl (C=O) groups is 1. The predicted octanol–water partition coefficient (Wildman–Crippen LogP) is 3.14. The van der Waals surface area contributed by atoms with Gasteiger partial charge in [-0.25, -0.2) is 15.0 Å². The fourth-order valence-electron chi connectivity index (χ4n) is 5.01. The van der Waals surface area contributed by atoms with E-state index in [4.69, 9.17) is 25.8 Å². The van der Waals surface area contributed by atoms with Crippen molar-refractivity contribution in [1.82, 2.24) is 15.0 Å². The predicted molar refractivity (Wildman–Crippen MR) is 132 cm³/mol. The number of rotatable bonds is 8. The number of hydrogen-bond donors (Lipinski definition) is 1. The Morgan fingerprint density at radius 1 is 1.11 bits per heavy atom. The zero-order valence-corrected chi connectivity index (χ0v) is 21.2. The van der Waals surface area contributed by atoms with Gasteiger partial charge in [-0.05, 0) is 0 Å². The van der Waals surface area contributed by atoms with Crippen LogP contribution in [-0.2, 0) is 9.53 Å². The lowest BCUT2D eigenvalue weighted by molar-refractivity contribution is -0.137. The maximum absolute atomic E-state index is 11.4. The van der Waals surface area contributed by atoms with Crippen molar-refractivity contribution < 1.29 is 24.1 Å². The monoisotopic (exact) mass is 505 g/mol. The third-order valence-electron chi connectivity index (χ3n) is 7.02. The number of anilines is 2. The van der Waals surface area contributed by atoms with E-state index >= 15 is 0 Å². The number of methoxy groups -OCH3 is 2. The highest BCUT2D eigenvalue weighted by molar-refractivity contribution is 6.33. The zero-order valence-electron chi connectivity index (χ0n) is 20.4. The topological polar surface area (TPSA) is 110 Å². The summed E-state index contributed by atoms with van der Waals surface area (Å²) in [6.07, 6.45) is 5.61. The van der Waals surface area contributed by atoms with Crippen LogP contribution in [-0.4, -0.2) is 78.1 Å². The molecule has 0 bridgehead atoms. The molecule has 4 heterocycles. The SMILES string of the molecule is COc1cc(N2CCC(Oc3cnc(N4CC(OC)C(C)C4CC(=O)O)cn3)C(C)C2)c(Cl)cn1. The Balaban J connectivity index is 1.40. The van der Waals surface area contributed by atoms with E-state index in [-0.39, 0.29) is 36.5 Å². The van der Waals surface area contributed by atoms with Gasteiger partial charge in [0.15, 0.2) is 0 Å². The molecule has 0 aromatic carbocycles. The van der Waals surface area contributed by atoms with Gasteiger partial charge in [0.05, 0.1) is 48.9 Å². The number of carboxylic acid groups (broad SMARTS) is 1. The first-order valence-electron chi connectivity index (χ1n) is 11.7. The summed E-state index contributed by atoms with van der Waals surface area (Å²) in [5.41, 5.74) is 0.901. The van der Waals surface area contributed by atoms with Gasteiger partial charge in [-0.2, -0.15) is 0 Å². The van der Waals surface area contributed by atoms with Crippen LogP contribution < -0.4 is 19.3 Å². The Bertz CT molecular complexity index is 1030. The molecule has 11 heteroatoms. The molecule has 0 saturated carbocycles. The molecule has 0 aliphatic carbocycles. The quantitative estimate of drug-likeness (QED) is 0.574. The standard InChI is InChI=1S/C24H32ClN5O5/c1-14-12-29(18-7-22(34-4)27-9-16(18)25)6-5-19(14)35-23-11-26-21(10-28-23)30-13-20(33-3)15(2)17(30)8-24(31)32/h7,9-11,14-15,17,19-20H,5-6,8,12-13H2,1-4H3,(H,31,32). The Morgan fingerprint density at radius 3 is 2.51 bits per heavy atom. The highest BCUT2D eigenvalue weighted by atomic mass is 35.5. The lowest BCUT2D eigenvalue weighted by Gasteiger charge is -2.38. The minimum Gasteiger partial charge on any atom is -0.481 e. The normalized spacial score (nSPS) is 26.6. The van der Waals surface area contributed by atoms with Crippen LogP contribution in [0.3, 0.4) is 0 Å². The number of pyridine rings is 1. The van der Waals surface area contributed by atoms with Crippen molar-refractivity contribution in [3.8, 4) is 11.8 Å². The van der Waals surface area contributed by atoms with Crippen LogP contribution in [0, 0.1) is 11.8 Å². The van der Waals surface area contributed by atoms with E-state index in [0.29, 0.717) is 29.1 Å². The number of piperidine rings is 1. The molecule has 2 aromatic rings. The molecule has 10 nitrogen and oxygen atoms in total. The molecular weight excluding hydrogens is 474 g/mol. The van der Waals surface area contributed by atoms with E-state index in [9.17, 15) is 9.90 Å². The van der Waals surface area contributed by atoms with Crippen molar-refractivity contribution in [3.05, 3.63) is 29.7 Å². The second kappa shape index (κ2) is 10.8. The molecule has 35 heavy (non-hydrogen) atoms. The van der Waals surface area contributed by atoms with Gasteiger partial charge >= 0.3 is 5.97 Å². The Kier molecular flexibility index (Phi) is 7.81. The van der Waals surface area contributed by atoms with Crippen LogP contribution in [0.15, 0.2) is 24.7 Å². The smallest absolute Gasteiger partial charge is 0.305 e. The van der Waals surface area contributed by atoms with Gasteiger partial charge in [0.2, 0.25) is 11.8 Å². The molecule has 1 N–H and O–H groups in total. The largest absolute Gasteiger partial charge is 0.481 e. The lowest BCUT2D eigenvalue weighted by atomic mass is 9.96. The second-order valence-electron chi connectivity index (χ2n) is 9.21. The van der Waals surface area contributed by atoms with Gasteiger partial charge in [-0.15, -0.1) is 0 Å². The minimum absolute atomic E-state index is 0.0154. The molecule has 2 saturated heterocycles. The van der Waals surface area contributed by atoms with Gasteiger partial charge < -0.3 is 29.1 Å². The fraction of sp³-hybridized carbons (Fsp3) is 0.583. The summed E-state index contributed by atoms with van der Waals surface area (Å²) in [7, 11) is 3.23. The highest BCUT2D eigenvalue weighted by Crippen LogP contribution is 2.34. The molecular formula is C24H32ClN5O5. The van der Waals surface area contributed by atoms with Gasteiger partial charge in [0.25, 0.3) is 0 Å². The summed E-state index contributed by atoms with van der Waals surface area (Å²) in [6, 6.07) is 1.65. The third kappa shape index (κ3) is 5.54. The number of ether oxygens (including phenoxy) is 3. The molecule has 5 atom stereocenters. The average Bonchev–Trinajstić information content (AvgIpc) is 3.16. The number of hydrogen-bond acceptors (Lipinski definition) is 9. The first-order valence-corrected chi connectivity index (χ1v) is 12.1. The maximum Gasteiger partial charge on any atom is 0.305 e. The van der Waals surface area contributed by atoms with Crippen LogP contribution in [0.1, 0.15) is 26.7 Å². The van der Waals surface area contributed by atoms with Crippen molar-refractivity contribution in [2.24, 2.45) is 11.8 Å².